The first kappa shape index (κ1) is 14.4. The Labute approximate surface area is 126 Å². The van der Waals surface area contributed by atoms with Gasteiger partial charge in [-0.2, -0.15) is 0 Å². The van der Waals surface area contributed by atoms with Crippen LogP contribution in [0.25, 0.3) is 0 Å². The molecule has 2 aliphatic carbocycles. The summed E-state index contributed by atoms with van der Waals surface area (Å²) >= 11 is 0. The smallest absolute Gasteiger partial charge is 0.193 e. The van der Waals surface area contributed by atoms with E-state index in [4.69, 9.17) is 5.73 Å². The number of rotatable bonds is 4. The van der Waals surface area contributed by atoms with Gasteiger partial charge in [-0.1, -0.05) is 12.1 Å². The number of nitrogens with zero attached hydrogens (tertiary/aromatic N) is 1. The molecule has 0 spiro atoms. The number of hydrogen-bond donors (Lipinski definition) is 3. The second-order valence-electron chi connectivity index (χ2n) is 6.37. The number of hydrogen-bond acceptors (Lipinski definition) is 2. The van der Waals surface area contributed by atoms with Crippen molar-refractivity contribution < 1.29 is 5.11 Å². The molecule has 4 N–H and O–H groups in total. The van der Waals surface area contributed by atoms with Crippen LogP contribution in [0.2, 0.25) is 0 Å². The largest absolute Gasteiger partial charge is 0.390 e. The molecule has 0 saturated heterocycles. The molecular weight excluding hydrogens is 262 g/mol. The third-order valence-electron chi connectivity index (χ3n) is 4.80. The Balaban J connectivity index is 1.60. The molecule has 0 aromatic heterocycles. The SMILES string of the molecule is NC(=NCCC1(O)CCC1)Nc1cccc2c1CCCC2. The number of aryl methyl sites for hydroxylation is 1. The van der Waals surface area contributed by atoms with Crippen LogP contribution in [0.1, 0.15) is 49.7 Å². The van der Waals surface area contributed by atoms with E-state index < -0.39 is 5.60 Å². The molecule has 0 heterocycles. The Morgan fingerprint density at radius 3 is 2.81 bits per heavy atom. The minimum absolute atomic E-state index is 0.455. The molecule has 0 bridgehead atoms. The van der Waals surface area contributed by atoms with E-state index in [0.29, 0.717) is 18.9 Å². The van der Waals surface area contributed by atoms with Gasteiger partial charge in [0.1, 0.15) is 0 Å². The van der Waals surface area contributed by atoms with Gasteiger partial charge in [0, 0.05) is 12.2 Å². The van der Waals surface area contributed by atoms with Crippen LogP contribution >= 0.6 is 0 Å². The highest BCUT2D eigenvalue weighted by Crippen LogP contribution is 2.34. The van der Waals surface area contributed by atoms with Crippen LogP contribution in [0.3, 0.4) is 0 Å². The van der Waals surface area contributed by atoms with E-state index >= 15 is 0 Å². The maximum absolute atomic E-state index is 10.0. The van der Waals surface area contributed by atoms with E-state index in [9.17, 15) is 5.11 Å². The normalized spacial score (nSPS) is 20.5. The summed E-state index contributed by atoms with van der Waals surface area (Å²) in [7, 11) is 0. The van der Waals surface area contributed by atoms with Gasteiger partial charge in [0.2, 0.25) is 0 Å². The Morgan fingerprint density at radius 2 is 2.05 bits per heavy atom. The minimum atomic E-state index is -0.476. The van der Waals surface area contributed by atoms with Crippen molar-refractivity contribution in [1.82, 2.24) is 0 Å². The standard InChI is InChI=1S/C17H25N3O/c18-16(19-12-11-17(21)9-4-10-17)20-15-8-3-6-13-5-1-2-7-14(13)15/h3,6,8,21H,1-2,4-5,7,9-12H2,(H3,18,19,20). The topological polar surface area (TPSA) is 70.6 Å². The lowest BCUT2D eigenvalue weighted by molar-refractivity contribution is -0.0377. The second kappa shape index (κ2) is 6.06. The van der Waals surface area contributed by atoms with Gasteiger partial charge in [0.15, 0.2) is 5.96 Å². The Bertz CT molecular complexity index is 535. The predicted octanol–water partition coefficient (Wildman–Crippen LogP) is 2.60. The average Bonchev–Trinajstić information content (AvgIpc) is 2.46. The number of guanidine groups is 1. The first-order chi connectivity index (χ1) is 10.2. The number of aliphatic hydroxyl groups is 1. The summed E-state index contributed by atoms with van der Waals surface area (Å²) in [6.45, 7) is 0.588. The fraction of sp³-hybridized carbons (Fsp3) is 0.588. The first-order valence-electron chi connectivity index (χ1n) is 8.06. The van der Waals surface area contributed by atoms with Gasteiger partial charge in [-0.15, -0.1) is 0 Å². The van der Waals surface area contributed by atoms with E-state index in [1.54, 1.807) is 0 Å². The molecule has 0 atom stereocenters. The predicted molar refractivity (Wildman–Crippen MR) is 86.6 cm³/mol. The van der Waals surface area contributed by atoms with Gasteiger partial charge in [0.05, 0.1) is 5.60 Å². The lowest BCUT2D eigenvalue weighted by Gasteiger charge is -2.36. The third kappa shape index (κ3) is 3.38. The molecule has 114 valence electrons. The second-order valence-corrected chi connectivity index (χ2v) is 6.37. The summed E-state index contributed by atoms with van der Waals surface area (Å²) in [6.07, 6.45) is 8.45. The molecule has 0 unspecified atom stereocenters. The zero-order valence-electron chi connectivity index (χ0n) is 12.6. The average molecular weight is 287 g/mol. The Hall–Kier alpha value is -1.55. The van der Waals surface area contributed by atoms with Crippen molar-refractivity contribution in [3.8, 4) is 0 Å². The molecule has 1 aromatic carbocycles. The van der Waals surface area contributed by atoms with Crippen molar-refractivity contribution in [3.05, 3.63) is 29.3 Å². The van der Waals surface area contributed by atoms with E-state index in [0.717, 1.165) is 37.8 Å². The molecule has 4 heteroatoms. The lowest BCUT2D eigenvalue weighted by Crippen LogP contribution is -2.37. The molecule has 1 fully saturated rings. The Kier molecular flexibility index (Phi) is 4.15. The van der Waals surface area contributed by atoms with E-state index in [1.165, 1.54) is 24.0 Å². The van der Waals surface area contributed by atoms with Gasteiger partial charge >= 0.3 is 0 Å². The van der Waals surface area contributed by atoms with Crippen LogP contribution < -0.4 is 11.1 Å². The monoisotopic (exact) mass is 287 g/mol. The van der Waals surface area contributed by atoms with Crippen molar-refractivity contribution >= 4 is 11.6 Å². The molecule has 0 amide bonds. The highest BCUT2D eigenvalue weighted by Gasteiger charge is 2.33. The first-order valence-corrected chi connectivity index (χ1v) is 8.06. The maximum Gasteiger partial charge on any atom is 0.193 e. The number of fused-ring (bicyclic) bond motifs is 1. The molecule has 3 rings (SSSR count). The minimum Gasteiger partial charge on any atom is -0.390 e. The number of nitrogens with one attached hydrogen (secondary N) is 1. The number of benzene rings is 1. The summed E-state index contributed by atoms with van der Waals surface area (Å²) in [4.78, 5) is 4.36. The molecule has 0 radical (unpaired) electrons. The summed E-state index contributed by atoms with van der Waals surface area (Å²) in [5.41, 5.74) is 9.42. The summed E-state index contributed by atoms with van der Waals surface area (Å²) in [5, 5.41) is 13.3. The van der Waals surface area contributed by atoms with Crippen molar-refractivity contribution in [2.24, 2.45) is 10.7 Å². The van der Waals surface area contributed by atoms with Crippen molar-refractivity contribution in [2.45, 2.75) is 57.0 Å². The van der Waals surface area contributed by atoms with Crippen LogP contribution in [0, 0.1) is 0 Å². The summed E-state index contributed by atoms with van der Waals surface area (Å²) in [6, 6.07) is 6.36. The van der Waals surface area contributed by atoms with Crippen LogP contribution in [0.15, 0.2) is 23.2 Å². The Morgan fingerprint density at radius 1 is 1.24 bits per heavy atom. The number of aliphatic imine (C=N–C) groups is 1. The molecule has 1 aromatic rings. The van der Waals surface area contributed by atoms with Gasteiger partial charge < -0.3 is 16.2 Å². The van der Waals surface area contributed by atoms with Gasteiger partial charge in [0.25, 0.3) is 0 Å². The third-order valence-corrected chi connectivity index (χ3v) is 4.80. The van der Waals surface area contributed by atoms with Gasteiger partial charge in [-0.05, 0) is 68.6 Å². The van der Waals surface area contributed by atoms with E-state index in [-0.39, 0.29) is 0 Å². The van der Waals surface area contributed by atoms with Crippen LogP contribution in [0.5, 0.6) is 0 Å². The van der Waals surface area contributed by atoms with Crippen LogP contribution in [-0.4, -0.2) is 23.2 Å². The fourth-order valence-corrected chi connectivity index (χ4v) is 3.30. The highest BCUT2D eigenvalue weighted by molar-refractivity contribution is 5.93. The summed E-state index contributed by atoms with van der Waals surface area (Å²) < 4.78 is 0. The van der Waals surface area contributed by atoms with Crippen molar-refractivity contribution in [2.75, 3.05) is 11.9 Å². The molecule has 0 aliphatic heterocycles. The van der Waals surface area contributed by atoms with Crippen molar-refractivity contribution in [1.29, 1.82) is 0 Å². The van der Waals surface area contributed by atoms with Gasteiger partial charge in [-0.25, -0.2) is 0 Å². The number of nitrogens with two attached hydrogens (primary N) is 1. The van der Waals surface area contributed by atoms with Gasteiger partial charge in [-0.3, -0.25) is 4.99 Å². The van der Waals surface area contributed by atoms with E-state index in [2.05, 4.69) is 28.5 Å². The van der Waals surface area contributed by atoms with Crippen LogP contribution in [0.4, 0.5) is 5.69 Å². The van der Waals surface area contributed by atoms with Crippen molar-refractivity contribution in [3.63, 3.8) is 0 Å². The molecule has 21 heavy (non-hydrogen) atoms. The molecule has 2 aliphatic rings. The maximum atomic E-state index is 10.0. The zero-order chi connectivity index (χ0) is 14.7. The lowest BCUT2D eigenvalue weighted by atomic mass is 9.78. The quantitative estimate of drug-likeness (QED) is 0.589. The molecular formula is C17H25N3O. The van der Waals surface area contributed by atoms with Crippen LogP contribution in [-0.2, 0) is 12.8 Å². The highest BCUT2D eigenvalue weighted by atomic mass is 16.3. The van der Waals surface area contributed by atoms with E-state index in [1.807, 2.05) is 0 Å². The molecule has 4 nitrogen and oxygen atoms in total. The number of anilines is 1. The fourth-order valence-electron chi connectivity index (χ4n) is 3.30. The zero-order valence-corrected chi connectivity index (χ0v) is 12.6. The molecule has 1 saturated carbocycles. The summed E-state index contributed by atoms with van der Waals surface area (Å²) in [5.74, 6) is 0.455.